The first-order valence-corrected chi connectivity index (χ1v) is 8.16. The number of ether oxygens (including phenoxy) is 2. The van der Waals surface area contributed by atoms with E-state index in [-0.39, 0.29) is 5.41 Å². The molecule has 0 aliphatic heterocycles. The van der Waals surface area contributed by atoms with E-state index in [9.17, 15) is 0 Å². The SMILES string of the molecule is CCC(C)(C)c1ccc(OCCNc2cccc(OC)c2)cc1. The zero-order chi connectivity index (χ0) is 16.7. The third kappa shape index (κ3) is 4.92. The Labute approximate surface area is 139 Å². The van der Waals surface area contributed by atoms with Gasteiger partial charge in [-0.3, -0.25) is 0 Å². The molecule has 0 heterocycles. The maximum Gasteiger partial charge on any atom is 0.120 e. The summed E-state index contributed by atoms with van der Waals surface area (Å²) in [6.45, 7) is 8.11. The Morgan fingerprint density at radius 1 is 1.00 bits per heavy atom. The Hall–Kier alpha value is -2.16. The lowest BCUT2D eigenvalue weighted by Crippen LogP contribution is -2.15. The zero-order valence-electron chi connectivity index (χ0n) is 14.6. The normalized spacial score (nSPS) is 11.1. The van der Waals surface area contributed by atoms with Gasteiger partial charge in [0.15, 0.2) is 0 Å². The minimum atomic E-state index is 0.215. The van der Waals surface area contributed by atoms with Crippen molar-refractivity contribution in [3.63, 3.8) is 0 Å². The van der Waals surface area contributed by atoms with Crippen LogP contribution < -0.4 is 14.8 Å². The van der Waals surface area contributed by atoms with Crippen LogP contribution in [0.4, 0.5) is 5.69 Å². The van der Waals surface area contributed by atoms with Crippen LogP contribution in [0.3, 0.4) is 0 Å². The fraction of sp³-hybridized carbons (Fsp3) is 0.400. The highest BCUT2D eigenvalue weighted by molar-refractivity contribution is 5.48. The number of anilines is 1. The van der Waals surface area contributed by atoms with Gasteiger partial charge >= 0.3 is 0 Å². The topological polar surface area (TPSA) is 30.5 Å². The Morgan fingerprint density at radius 2 is 1.74 bits per heavy atom. The molecule has 0 aromatic heterocycles. The van der Waals surface area contributed by atoms with Crippen molar-refractivity contribution in [2.75, 3.05) is 25.6 Å². The van der Waals surface area contributed by atoms with E-state index in [2.05, 4.69) is 50.4 Å². The van der Waals surface area contributed by atoms with E-state index in [4.69, 9.17) is 9.47 Å². The van der Waals surface area contributed by atoms with Crippen LogP contribution in [0.25, 0.3) is 0 Å². The molecule has 0 aliphatic carbocycles. The van der Waals surface area contributed by atoms with Gasteiger partial charge in [0, 0.05) is 18.3 Å². The lowest BCUT2D eigenvalue weighted by Gasteiger charge is -2.23. The third-order valence-corrected chi connectivity index (χ3v) is 4.29. The van der Waals surface area contributed by atoms with Crippen LogP contribution >= 0.6 is 0 Å². The molecule has 2 aromatic carbocycles. The number of benzene rings is 2. The number of methoxy groups -OCH3 is 1. The summed E-state index contributed by atoms with van der Waals surface area (Å²) < 4.78 is 11.0. The first-order valence-electron chi connectivity index (χ1n) is 8.16. The maximum absolute atomic E-state index is 5.79. The molecule has 0 aliphatic rings. The quantitative estimate of drug-likeness (QED) is 0.705. The van der Waals surface area contributed by atoms with Crippen molar-refractivity contribution in [1.29, 1.82) is 0 Å². The van der Waals surface area contributed by atoms with Crippen molar-refractivity contribution >= 4 is 5.69 Å². The molecule has 2 aromatic rings. The van der Waals surface area contributed by atoms with Gasteiger partial charge in [-0.05, 0) is 41.7 Å². The summed E-state index contributed by atoms with van der Waals surface area (Å²) in [6, 6.07) is 16.3. The Morgan fingerprint density at radius 3 is 2.39 bits per heavy atom. The molecule has 124 valence electrons. The first kappa shape index (κ1) is 17.2. The molecule has 3 nitrogen and oxygen atoms in total. The summed E-state index contributed by atoms with van der Waals surface area (Å²) in [5, 5.41) is 3.33. The first-order chi connectivity index (χ1) is 11.0. The predicted octanol–water partition coefficient (Wildman–Crippen LogP) is 4.87. The van der Waals surface area contributed by atoms with Crippen LogP contribution in [0, 0.1) is 0 Å². The van der Waals surface area contributed by atoms with E-state index in [1.807, 2.05) is 24.3 Å². The van der Waals surface area contributed by atoms with Gasteiger partial charge in [-0.1, -0.05) is 39.0 Å². The van der Waals surface area contributed by atoms with Crippen LogP contribution in [0.5, 0.6) is 11.5 Å². The van der Waals surface area contributed by atoms with E-state index in [0.29, 0.717) is 6.61 Å². The molecule has 0 atom stereocenters. The largest absolute Gasteiger partial charge is 0.497 e. The molecule has 1 N–H and O–H groups in total. The molecule has 23 heavy (non-hydrogen) atoms. The van der Waals surface area contributed by atoms with Gasteiger partial charge in [-0.25, -0.2) is 0 Å². The highest BCUT2D eigenvalue weighted by atomic mass is 16.5. The van der Waals surface area contributed by atoms with E-state index >= 15 is 0 Å². The summed E-state index contributed by atoms with van der Waals surface area (Å²) in [5.74, 6) is 1.76. The van der Waals surface area contributed by atoms with Crippen molar-refractivity contribution < 1.29 is 9.47 Å². The zero-order valence-corrected chi connectivity index (χ0v) is 14.6. The van der Waals surface area contributed by atoms with Crippen molar-refractivity contribution in [3.8, 4) is 11.5 Å². The van der Waals surface area contributed by atoms with Crippen molar-refractivity contribution in [2.45, 2.75) is 32.6 Å². The lowest BCUT2D eigenvalue weighted by atomic mass is 9.82. The smallest absolute Gasteiger partial charge is 0.120 e. The van der Waals surface area contributed by atoms with E-state index in [1.165, 1.54) is 5.56 Å². The average molecular weight is 313 g/mol. The highest BCUT2D eigenvalue weighted by Crippen LogP contribution is 2.28. The van der Waals surface area contributed by atoms with Crippen LogP contribution in [0.1, 0.15) is 32.8 Å². The van der Waals surface area contributed by atoms with Crippen molar-refractivity contribution in [3.05, 3.63) is 54.1 Å². The second-order valence-electron chi connectivity index (χ2n) is 6.27. The molecule has 0 fully saturated rings. The van der Waals surface area contributed by atoms with E-state index in [0.717, 1.165) is 30.2 Å². The summed E-state index contributed by atoms with van der Waals surface area (Å²) >= 11 is 0. The van der Waals surface area contributed by atoms with Crippen molar-refractivity contribution in [2.24, 2.45) is 0 Å². The number of hydrogen-bond acceptors (Lipinski definition) is 3. The Balaban J connectivity index is 1.80. The van der Waals surface area contributed by atoms with Crippen LogP contribution in [-0.2, 0) is 5.41 Å². The van der Waals surface area contributed by atoms with Gasteiger partial charge in [-0.2, -0.15) is 0 Å². The number of nitrogens with one attached hydrogen (secondary N) is 1. The molecule has 0 saturated carbocycles. The molecule has 0 radical (unpaired) electrons. The fourth-order valence-electron chi connectivity index (χ4n) is 2.30. The van der Waals surface area contributed by atoms with Gasteiger partial charge in [0.1, 0.15) is 18.1 Å². The fourth-order valence-corrected chi connectivity index (χ4v) is 2.30. The van der Waals surface area contributed by atoms with Gasteiger partial charge in [0.05, 0.1) is 7.11 Å². The summed E-state index contributed by atoms with van der Waals surface area (Å²) in [4.78, 5) is 0. The lowest BCUT2D eigenvalue weighted by molar-refractivity contribution is 0.332. The molecular weight excluding hydrogens is 286 g/mol. The summed E-state index contributed by atoms with van der Waals surface area (Å²) in [7, 11) is 1.67. The average Bonchev–Trinajstić information content (AvgIpc) is 2.59. The van der Waals surface area contributed by atoms with Crippen LogP contribution in [-0.4, -0.2) is 20.3 Å². The van der Waals surface area contributed by atoms with Crippen LogP contribution in [0.15, 0.2) is 48.5 Å². The van der Waals surface area contributed by atoms with Crippen molar-refractivity contribution in [1.82, 2.24) is 0 Å². The van der Waals surface area contributed by atoms with Gasteiger partial charge < -0.3 is 14.8 Å². The molecule has 0 saturated heterocycles. The molecule has 0 spiro atoms. The molecule has 2 rings (SSSR count). The monoisotopic (exact) mass is 313 g/mol. The molecule has 0 amide bonds. The highest BCUT2D eigenvalue weighted by Gasteiger charge is 2.17. The number of rotatable bonds is 8. The minimum Gasteiger partial charge on any atom is -0.497 e. The molecule has 0 bridgehead atoms. The molecule has 3 heteroatoms. The van der Waals surface area contributed by atoms with Gasteiger partial charge in [0.2, 0.25) is 0 Å². The Kier molecular flexibility index (Phi) is 5.91. The summed E-state index contributed by atoms with van der Waals surface area (Å²) in [6.07, 6.45) is 1.12. The standard InChI is InChI=1S/C20H27NO2/c1-5-20(2,3)16-9-11-18(12-10-16)23-14-13-21-17-7-6-8-19(15-17)22-4/h6-12,15,21H,5,13-14H2,1-4H3. The van der Waals surface area contributed by atoms with Gasteiger partial charge in [0.25, 0.3) is 0 Å². The summed E-state index contributed by atoms with van der Waals surface area (Å²) in [5.41, 5.74) is 2.60. The third-order valence-electron chi connectivity index (χ3n) is 4.29. The molecule has 0 unspecified atom stereocenters. The predicted molar refractivity (Wildman–Crippen MR) is 96.7 cm³/mol. The second kappa shape index (κ2) is 7.91. The second-order valence-corrected chi connectivity index (χ2v) is 6.27. The maximum atomic E-state index is 5.79. The van der Waals surface area contributed by atoms with E-state index in [1.54, 1.807) is 7.11 Å². The van der Waals surface area contributed by atoms with E-state index < -0.39 is 0 Å². The van der Waals surface area contributed by atoms with Gasteiger partial charge in [-0.15, -0.1) is 0 Å². The Bertz CT molecular complexity index is 605. The minimum absolute atomic E-state index is 0.215. The van der Waals surface area contributed by atoms with Crippen LogP contribution in [0.2, 0.25) is 0 Å². The molecular formula is C20H27NO2. The number of hydrogen-bond donors (Lipinski definition) is 1.